The Bertz CT molecular complexity index is 1240. The van der Waals surface area contributed by atoms with Crippen molar-refractivity contribution in [3.8, 4) is 28.7 Å². The molecule has 8 nitrogen and oxygen atoms in total. The van der Waals surface area contributed by atoms with E-state index in [0.717, 1.165) is 46.8 Å². The number of nitrogens with zero attached hydrogens (tertiary/aromatic N) is 7. The molecule has 0 radical (unpaired) electrons. The largest absolute Gasteiger partial charge is 0.382 e. The number of hydrogen-bond acceptors (Lipinski definition) is 6. The van der Waals surface area contributed by atoms with E-state index in [0.29, 0.717) is 5.56 Å². The van der Waals surface area contributed by atoms with E-state index < -0.39 is 0 Å². The van der Waals surface area contributed by atoms with Gasteiger partial charge >= 0.3 is 0 Å². The van der Waals surface area contributed by atoms with Crippen molar-refractivity contribution in [3.63, 3.8) is 0 Å². The van der Waals surface area contributed by atoms with Gasteiger partial charge in [0, 0.05) is 30.0 Å². The maximum atomic E-state index is 9.09. The lowest BCUT2D eigenvalue weighted by Crippen LogP contribution is -2.11. The number of aromatic nitrogens is 6. The number of hydrogen-bond donors (Lipinski definition) is 1. The second kappa shape index (κ2) is 8.17. The maximum Gasteiger partial charge on any atom is 0.116 e. The highest BCUT2D eigenvalue weighted by atomic mass is 15.4. The number of allylic oxidation sites excluding steroid dienone is 1. The van der Waals surface area contributed by atoms with Gasteiger partial charge in [-0.15, -0.1) is 11.7 Å². The van der Waals surface area contributed by atoms with Crippen LogP contribution in [0.15, 0.2) is 55.5 Å². The van der Waals surface area contributed by atoms with E-state index in [-0.39, 0.29) is 6.04 Å². The van der Waals surface area contributed by atoms with Gasteiger partial charge in [-0.25, -0.2) is 4.52 Å². The Kier molecular flexibility index (Phi) is 5.26. The highest BCUT2D eigenvalue weighted by molar-refractivity contribution is 5.78. The summed E-state index contributed by atoms with van der Waals surface area (Å²) in [6.45, 7) is 8.66. The molecule has 0 bridgehead atoms. The summed E-state index contributed by atoms with van der Waals surface area (Å²) >= 11 is 0. The Morgan fingerprint density at radius 3 is 2.87 bits per heavy atom. The first kappa shape index (κ1) is 19.3. The van der Waals surface area contributed by atoms with E-state index in [4.69, 9.17) is 5.26 Å². The summed E-state index contributed by atoms with van der Waals surface area (Å²) in [5, 5.41) is 25.5. The minimum absolute atomic E-state index is 0.232. The average Bonchev–Trinajstić information content (AvgIpc) is 3.38. The van der Waals surface area contributed by atoms with Crippen molar-refractivity contribution in [2.45, 2.75) is 32.9 Å². The van der Waals surface area contributed by atoms with Crippen molar-refractivity contribution in [3.05, 3.63) is 61.1 Å². The lowest BCUT2D eigenvalue weighted by atomic mass is 10.1. The zero-order valence-corrected chi connectivity index (χ0v) is 16.9. The van der Waals surface area contributed by atoms with Crippen LogP contribution in [-0.2, 0) is 6.54 Å². The number of rotatable bonds is 7. The predicted molar refractivity (Wildman–Crippen MR) is 116 cm³/mol. The SMILES string of the molecule is C=CCCn1cc(-c2cnc(-c3ccc4cc(C#N)cnn34)cc2NC(C)C)nn1. The summed E-state index contributed by atoms with van der Waals surface area (Å²) in [7, 11) is 0. The maximum absolute atomic E-state index is 9.09. The summed E-state index contributed by atoms with van der Waals surface area (Å²) in [6.07, 6.45) is 7.98. The van der Waals surface area contributed by atoms with Gasteiger partial charge in [0.15, 0.2) is 0 Å². The third-order valence-corrected chi connectivity index (χ3v) is 4.62. The molecular formula is C22H22N8. The molecule has 0 aromatic carbocycles. The minimum Gasteiger partial charge on any atom is -0.382 e. The number of pyridine rings is 1. The molecule has 0 aliphatic rings. The monoisotopic (exact) mass is 398 g/mol. The van der Waals surface area contributed by atoms with Crippen molar-refractivity contribution < 1.29 is 0 Å². The van der Waals surface area contributed by atoms with Crippen LogP contribution in [0.5, 0.6) is 0 Å². The zero-order valence-electron chi connectivity index (χ0n) is 16.9. The average molecular weight is 398 g/mol. The minimum atomic E-state index is 0.232. The Hall–Kier alpha value is -3.99. The highest BCUT2D eigenvalue weighted by Crippen LogP contribution is 2.31. The van der Waals surface area contributed by atoms with Crippen LogP contribution < -0.4 is 5.32 Å². The molecule has 30 heavy (non-hydrogen) atoms. The summed E-state index contributed by atoms with van der Waals surface area (Å²) in [5.41, 5.74) is 5.57. The Labute approximate surface area is 174 Å². The van der Waals surface area contributed by atoms with Gasteiger partial charge in [0.25, 0.3) is 0 Å². The van der Waals surface area contributed by atoms with Gasteiger partial charge in [0.1, 0.15) is 11.8 Å². The number of nitrogens with one attached hydrogen (secondary N) is 1. The van der Waals surface area contributed by atoms with Crippen LogP contribution in [0.4, 0.5) is 5.69 Å². The molecule has 0 fully saturated rings. The van der Waals surface area contributed by atoms with Gasteiger partial charge in [-0.1, -0.05) is 11.3 Å². The molecule has 0 atom stereocenters. The van der Waals surface area contributed by atoms with Crippen molar-refractivity contribution in [1.29, 1.82) is 5.26 Å². The molecule has 4 heterocycles. The van der Waals surface area contributed by atoms with Crippen LogP contribution in [0.2, 0.25) is 0 Å². The van der Waals surface area contributed by atoms with E-state index in [1.54, 1.807) is 21.5 Å². The summed E-state index contributed by atoms with van der Waals surface area (Å²) in [4.78, 5) is 4.67. The first-order chi connectivity index (χ1) is 14.6. The molecule has 0 saturated heterocycles. The molecular weight excluding hydrogens is 376 g/mol. The van der Waals surface area contributed by atoms with Crippen molar-refractivity contribution in [1.82, 2.24) is 29.6 Å². The molecule has 4 rings (SSSR count). The van der Waals surface area contributed by atoms with Crippen LogP contribution in [0.3, 0.4) is 0 Å². The number of anilines is 1. The molecule has 4 aromatic rings. The normalized spacial score (nSPS) is 11.0. The molecule has 4 aromatic heterocycles. The lowest BCUT2D eigenvalue weighted by Gasteiger charge is -2.14. The molecule has 8 heteroatoms. The summed E-state index contributed by atoms with van der Waals surface area (Å²) < 4.78 is 3.59. The van der Waals surface area contributed by atoms with Crippen LogP contribution in [0.1, 0.15) is 25.8 Å². The van der Waals surface area contributed by atoms with Gasteiger partial charge in [0.2, 0.25) is 0 Å². The van der Waals surface area contributed by atoms with E-state index in [9.17, 15) is 0 Å². The highest BCUT2D eigenvalue weighted by Gasteiger charge is 2.15. The molecule has 0 aliphatic carbocycles. The fourth-order valence-electron chi connectivity index (χ4n) is 3.24. The predicted octanol–water partition coefficient (Wildman–Crippen LogP) is 3.92. The number of nitriles is 1. The van der Waals surface area contributed by atoms with E-state index in [1.165, 1.54) is 0 Å². The van der Waals surface area contributed by atoms with Crippen LogP contribution in [-0.4, -0.2) is 35.6 Å². The summed E-state index contributed by atoms with van der Waals surface area (Å²) in [5.74, 6) is 0. The zero-order chi connectivity index (χ0) is 21.1. The second-order valence-electron chi connectivity index (χ2n) is 7.27. The van der Waals surface area contributed by atoms with Gasteiger partial charge in [-0.05, 0) is 44.5 Å². The van der Waals surface area contributed by atoms with E-state index in [2.05, 4.69) is 52.2 Å². The second-order valence-corrected chi connectivity index (χ2v) is 7.27. The third kappa shape index (κ3) is 3.78. The lowest BCUT2D eigenvalue weighted by molar-refractivity contribution is 0.597. The molecule has 1 N–H and O–H groups in total. The van der Waals surface area contributed by atoms with Gasteiger partial charge in [-0.3, -0.25) is 9.67 Å². The van der Waals surface area contributed by atoms with E-state index in [1.807, 2.05) is 36.7 Å². The van der Waals surface area contributed by atoms with Crippen LogP contribution >= 0.6 is 0 Å². The number of fused-ring (bicyclic) bond motifs is 1. The smallest absolute Gasteiger partial charge is 0.116 e. The van der Waals surface area contributed by atoms with Gasteiger partial charge in [-0.2, -0.15) is 10.4 Å². The Morgan fingerprint density at radius 1 is 1.23 bits per heavy atom. The molecule has 0 spiro atoms. The quantitative estimate of drug-likeness (QED) is 0.474. The molecule has 0 saturated carbocycles. The van der Waals surface area contributed by atoms with Gasteiger partial charge < -0.3 is 5.32 Å². The van der Waals surface area contributed by atoms with Crippen LogP contribution in [0.25, 0.3) is 28.2 Å². The summed E-state index contributed by atoms with van der Waals surface area (Å²) in [6, 6.07) is 10.0. The third-order valence-electron chi connectivity index (χ3n) is 4.62. The number of aryl methyl sites for hydroxylation is 1. The van der Waals surface area contributed by atoms with Crippen LogP contribution in [0, 0.1) is 11.3 Å². The van der Waals surface area contributed by atoms with Crippen molar-refractivity contribution >= 4 is 11.2 Å². The Morgan fingerprint density at radius 2 is 2.10 bits per heavy atom. The first-order valence-corrected chi connectivity index (χ1v) is 9.75. The van der Waals surface area contributed by atoms with E-state index >= 15 is 0 Å². The topological polar surface area (TPSA) is 96.7 Å². The van der Waals surface area contributed by atoms with Gasteiger partial charge in [0.05, 0.1) is 34.9 Å². The standard InChI is InChI=1S/C22H22N8/c1-4-5-8-29-14-21(27-28-29)18-13-24-20(10-19(18)26-15(2)3)22-7-6-17-9-16(11-23)12-25-30(17)22/h4,6-7,9-10,12-15H,1,5,8H2,2-3H3,(H,24,26). The first-order valence-electron chi connectivity index (χ1n) is 9.75. The molecule has 0 amide bonds. The molecule has 0 unspecified atom stereocenters. The fraction of sp³-hybridized carbons (Fsp3) is 0.227. The van der Waals surface area contributed by atoms with Crippen molar-refractivity contribution in [2.75, 3.05) is 5.32 Å². The Balaban J connectivity index is 1.76. The fourth-order valence-corrected chi connectivity index (χ4v) is 3.24. The molecule has 0 aliphatic heterocycles. The van der Waals surface area contributed by atoms with Crippen molar-refractivity contribution in [2.24, 2.45) is 0 Å². The molecule has 150 valence electrons.